The van der Waals surface area contributed by atoms with Gasteiger partial charge >= 0.3 is 0 Å². The summed E-state index contributed by atoms with van der Waals surface area (Å²) in [5.41, 5.74) is 1.45. The molecule has 0 atom stereocenters. The molecular formula is C20H22N4O4S. The zero-order valence-corrected chi connectivity index (χ0v) is 16.9. The number of methoxy groups -OCH3 is 1. The Morgan fingerprint density at radius 2 is 1.76 bits per heavy atom. The molecule has 1 fully saturated rings. The quantitative estimate of drug-likeness (QED) is 0.822. The smallest absolute Gasteiger partial charge is 0.286 e. The van der Waals surface area contributed by atoms with Gasteiger partial charge in [0.05, 0.1) is 24.9 Å². The van der Waals surface area contributed by atoms with Crippen LogP contribution < -0.4 is 15.0 Å². The maximum Gasteiger partial charge on any atom is 0.286 e. The number of para-hydroxylation sites is 3. The first kappa shape index (κ1) is 19.3. The van der Waals surface area contributed by atoms with E-state index in [-0.39, 0.29) is 23.1 Å². The van der Waals surface area contributed by atoms with Crippen LogP contribution in [0.4, 0.5) is 11.4 Å². The highest BCUT2D eigenvalue weighted by Gasteiger charge is 2.28. The van der Waals surface area contributed by atoms with Crippen LogP contribution in [0.25, 0.3) is 0 Å². The van der Waals surface area contributed by atoms with E-state index in [4.69, 9.17) is 4.74 Å². The van der Waals surface area contributed by atoms with Gasteiger partial charge in [-0.1, -0.05) is 24.3 Å². The van der Waals surface area contributed by atoms with E-state index in [9.17, 15) is 13.2 Å². The number of nitrogens with one attached hydrogen (secondary N) is 1. The molecule has 1 amide bonds. The van der Waals surface area contributed by atoms with Gasteiger partial charge in [0.15, 0.2) is 0 Å². The van der Waals surface area contributed by atoms with E-state index in [0.717, 1.165) is 11.4 Å². The maximum atomic E-state index is 12.7. The summed E-state index contributed by atoms with van der Waals surface area (Å²) in [5.74, 6) is 0.809. The highest BCUT2D eigenvalue weighted by molar-refractivity contribution is 7.90. The van der Waals surface area contributed by atoms with Crippen molar-refractivity contribution in [3.8, 4) is 5.75 Å². The lowest BCUT2D eigenvalue weighted by atomic mass is 10.2. The molecule has 152 valence electrons. The number of hydrogen-bond acceptors (Lipinski definition) is 6. The summed E-state index contributed by atoms with van der Waals surface area (Å²) in [6.07, 6.45) is -0.0811. The third-order valence-corrected chi connectivity index (χ3v) is 6.42. The molecule has 0 bridgehead atoms. The Hall–Kier alpha value is -3.07. The van der Waals surface area contributed by atoms with Gasteiger partial charge in [0, 0.05) is 26.2 Å². The molecule has 1 N–H and O–H groups in total. The number of anilines is 2. The summed E-state index contributed by atoms with van der Waals surface area (Å²) in [6, 6.07) is 14.3. The second kappa shape index (κ2) is 7.75. The van der Waals surface area contributed by atoms with Crippen LogP contribution >= 0.6 is 0 Å². The Morgan fingerprint density at radius 3 is 2.52 bits per heavy atom. The average Bonchev–Trinajstić information content (AvgIpc) is 2.73. The first-order valence-electron chi connectivity index (χ1n) is 9.33. The minimum absolute atomic E-state index is 0.0811. The number of nitrogens with zero attached hydrogens (tertiary/aromatic N) is 3. The van der Waals surface area contributed by atoms with Crippen molar-refractivity contribution in [3.05, 3.63) is 48.5 Å². The number of benzene rings is 2. The Morgan fingerprint density at radius 1 is 1.07 bits per heavy atom. The van der Waals surface area contributed by atoms with Gasteiger partial charge in [-0.25, -0.2) is 0 Å². The fourth-order valence-electron chi connectivity index (χ4n) is 3.59. The molecule has 2 aromatic carbocycles. The molecule has 9 heteroatoms. The monoisotopic (exact) mass is 414 g/mol. The Balaban J connectivity index is 1.40. The van der Waals surface area contributed by atoms with Gasteiger partial charge < -0.3 is 19.9 Å². The van der Waals surface area contributed by atoms with Crippen LogP contribution in [0.2, 0.25) is 0 Å². The van der Waals surface area contributed by atoms with Crippen LogP contribution in [0.3, 0.4) is 0 Å². The standard InChI is InChI=1S/C20H22N4O4S/c1-28-17-8-4-3-7-16(17)23-10-12-24(13-11-23)20(25)14-19-21-15-6-2-5-9-18(15)29(26,27)22-19/h2-9H,10-14H2,1H3,(H,21,22). The van der Waals surface area contributed by atoms with Crippen LogP contribution in [0.15, 0.2) is 57.8 Å². The second-order valence-corrected chi connectivity index (χ2v) is 8.42. The minimum atomic E-state index is -3.79. The van der Waals surface area contributed by atoms with Crippen LogP contribution in [-0.4, -0.2) is 58.3 Å². The Bertz CT molecular complexity index is 1060. The Labute approximate surface area is 169 Å². The number of sulfonamides is 1. The van der Waals surface area contributed by atoms with Gasteiger partial charge in [-0.05, 0) is 24.3 Å². The molecule has 0 unspecified atom stereocenters. The third kappa shape index (κ3) is 3.91. The lowest BCUT2D eigenvalue weighted by molar-refractivity contribution is -0.130. The number of carbonyl (C=O) groups excluding carboxylic acids is 1. The summed E-state index contributed by atoms with van der Waals surface area (Å²) in [4.78, 5) is 16.8. The highest BCUT2D eigenvalue weighted by atomic mass is 32.2. The number of amides is 1. The molecule has 0 aliphatic carbocycles. The van der Waals surface area contributed by atoms with Crippen LogP contribution in [0.1, 0.15) is 6.42 Å². The molecule has 2 heterocycles. The van der Waals surface area contributed by atoms with Gasteiger partial charge in [-0.15, -0.1) is 4.40 Å². The summed E-state index contributed by atoms with van der Waals surface area (Å²) in [7, 11) is -2.15. The molecule has 4 rings (SSSR count). The maximum absolute atomic E-state index is 12.7. The van der Waals surface area contributed by atoms with E-state index in [2.05, 4.69) is 14.6 Å². The SMILES string of the molecule is COc1ccccc1N1CCN(C(=O)CC2=NS(=O)(=O)c3ccccc3N2)CC1. The molecule has 2 aliphatic heterocycles. The van der Waals surface area contributed by atoms with Gasteiger partial charge in [-0.2, -0.15) is 8.42 Å². The minimum Gasteiger partial charge on any atom is -0.495 e. The predicted molar refractivity (Wildman–Crippen MR) is 111 cm³/mol. The van der Waals surface area contributed by atoms with Gasteiger partial charge in [0.1, 0.15) is 16.5 Å². The number of carbonyl (C=O) groups is 1. The summed E-state index contributed by atoms with van der Waals surface area (Å²) in [5, 5.41) is 2.97. The van der Waals surface area contributed by atoms with Gasteiger partial charge in [0.2, 0.25) is 5.91 Å². The van der Waals surface area contributed by atoms with Crippen molar-refractivity contribution in [3.63, 3.8) is 0 Å². The zero-order valence-electron chi connectivity index (χ0n) is 16.0. The molecule has 8 nitrogen and oxygen atoms in total. The molecule has 2 aliphatic rings. The second-order valence-electron chi connectivity index (χ2n) is 6.85. The van der Waals surface area contributed by atoms with Crippen molar-refractivity contribution in [1.82, 2.24) is 4.90 Å². The van der Waals surface area contributed by atoms with Crippen molar-refractivity contribution in [2.24, 2.45) is 4.40 Å². The van der Waals surface area contributed by atoms with Gasteiger partial charge in [-0.3, -0.25) is 4.79 Å². The highest BCUT2D eigenvalue weighted by Crippen LogP contribution is 2.29. The number of hydrogen-bond donors (Lipinski definition) is 1. The van der Waals surface area contributed by atoms with Crippen molar-refractivity contribution >= 4 is 33.1 Å². The van der Waals surface area contributed by atoms with E-state index >= 15 is 0 Å². The van der Waals surface area contributed by atoms with E-state index < -0.39 is 10.0 Å². The lowest BCUT2D eigenvalue weighted by Gasteiger charge is -2.36. The number of fused-ring (bicyclic) bond motifs is 1. The fourth-order valence-corrected chi connectivity index (χ4v) is 4.73. The molecule has 29 heavy (non-hydrogen) atoms. The summed E-state index contributed by atoms with van der Waals surface area (Å²) < 4.78 is 33.9. The van der Waals surface area contributed by atoms with Crippen LogP contribution in [0, 0.1) is 0 Å². The average molecular weight is 414 g/mol. The van der Waals surface area contributed by atoms with Crippen molar-refractivity contribution in [2.75, 3.05) is 43.5 Å². The van der Waals surface area contributed by atoms with E-state index in [1.165, 1.54) is 6.07 Å². The topological polar surface area (TPSA) is 91.3 Å². The van der Waals surface area contributed by atoms with Gasteiger partial charge in [0.25, 0.3) is 10.0 Å². The molecule has 1 saturated heterocycles. The van der Waals surface area contributed by atoms with Crippen molar-refractivity contribution in [2.45, 2.75) is 11.3 Å². The van der Waals surface area contributed by atoms with Crippen molar-refractivity contribution in [1.29, 1.82) is 0 Å². The fraction of sp³-hybridized carbons (Fsp3) is 0.300. The van der Waals surface area contributed by atoms with Crippen molar-refractivity contribution < 1.29 is 17.9 Å². The first-order valence-corrected chi connectivity index (χ1v) is 10.8. The third-order valence-electron chi connectivity index (χ3n) is 5.05. The number of piperazine rings is 1. The molecule has 0 aromatic heterocycles. The normalized spacial score (nSPS) is 17.8. The van der Waals surface area contributed by atoms with E-state index in [1.807, 2.05) is 24.3 Å². The largest absolute Gasteiger partial charge is 0.495 e. The van der Waals surface area contributed by atoms with Crippen LogP contribution in [-0.2, 0) is 14.8 Å². The van der Waals surface area contributed by atoms with Crippen LogP contribution in [0.5, 0.6) is 5.75 Å². The number of amidine groups is 1. The van der Waals surface area contributed by atoms with E-state index in [1.54, 1.807) is 30.2 Å². The number of ether oxygens (including phenoxy) is 1. The molecule has 0 spiro atoms. The molecule has 0 radical (unpaired) electrons. The number of rotatable bonds is 4. The van der Waals surface area contributed by atoms with E-state index in [0.29, 0.717) is 31.9 Å². The summed E-state index contributed by atoms with van der Waals surface area (Å²) in [6.45, 7) is 2.45. The molecular weight excluding hydrogens is 392 g/mol. The molecule has 0 saturated carbocycles. The first-order chi connectivity index (χ1) is 14.0. The molecule has 2 aromatic rings. The Kier molecular flexibility index (Phi) is 5.14. The predicted octanol–water partition coefficient (Wildman–Crippen LogP) is 1.95. The zero-order chi connectivity index (χ0) is 20.4. The lowest BCUT2D eigenvalue weighted by Crippen LogP contribution is -2.49. The summed E-state index contributed by atoms with van der Waals surface area (Å²) >= 11 is 0.